The Hall–Kier alpha value is -1.39. The monoisotopic (exact) mass is 265 g/mol. The molecule has 1 aromatic carbocycles. The molecule has 0 radical (unpaired) electrons. The molecular weight excluding hydrogens is 249 g/mol. The molecule has 0 aliphatic carbocycles. The van der Waals surface area contributed by atoms with Crippen LogP contribution >= 0.6 is 11.3 Å². The van der Waals surface area contributed by atoms with Gasteiger partial charge in [0.1, 0.15) is 5.82 Å². The van der Waals surface area contributed by atoms with E-state index in [9.17, 15) is 9.50 Å². The van der Waals surface area contributed by atoms with Crippen LogP contribution in [-0.4, -0.2) is 12.2 Å². The quantitative estimate of drug-likeness (QED) is 0.913. The molecule has 1 aromatic heterocycles. The number of rotatable bonds is 4. The van der Waals surface area contributed by atoms with Gasteiger partial charge in [-0.05, 0) is 47.0 Å². The first-order chi connectivity index (χ1) is 8.58. The van der Waals surface area contributed by atoms with Crippen molar-refractivity contribution in [1.82, 2.24) is 0 Å². The lowest BCUT2D eigenvalue weighted by molar-refractivity contribution is 0.199. The summed E-state index contributed by atoms with van der Waals surface area (Å²) in [6.45, 7) is 2.30. The molecule has 1 N–H and O–H groups in total. The normalized spacial score (nSPS) is 12.4. The Morgan fingerprint density at radius 2 is 2.17 bits per heavy atom. The summed E-state index contributed by atoms with van der Waals surface area (Å²) in [7, 11) is 1.86. The summed E-state index contributed by atoms with van der Waals surface area (Å²) >= 11 is 1.63. The number of nitrogens with zero attached hydrogens (tertiary/aromatic N) is 1. The lowest BCUT2D eigenvalue weighted by Gasteiger charge is -2.20. The molecule has 18 heavy (non-hydrogen) atoms. The standard InChI is InChI=1S/C14H16FNOS/c1-10(17)12-3-4-14(13(15)7-12)16(2)8-11-5-6-18-9-11/h3-7,9-10,17H,8H2,1-2H3/t10-/m1/s1. The largest absolute Gasteiger partial charge is 0.389 e. The van der Waals surface area contributed by atoms with Crippen LogP contribution in [0, 0.1) is 5.82 Å². The minimum atomic E-state index is -0.643. The third-order valence-electron chi connectivity index (χ3n) is 2.87. The molecule has 0 saturated carbocycles. The van der Waals surface area contributed by atoms with Crippen molar-refractivity contribution in [1.29, 1.82) is 0 Å². The lowest BCUT2D eigenvalue weighted by Crippen LogP contribution is -2.17. The first-order valence-corrected chi connectivity index (χ1v) is 6.72. The van der Waals surface area contributed by atoms with Crippen LogP contribution in [0.1, 0.15) is 24.2 Å². The molecule has 0 saturated heterocycles. The zero-order chi connectivity index (χ0) is 13.1. The average Bonchev–Trinajstić information content (AvgIpc) is 2.81. The second kappa shape index (κ2) is 5.50. The third-order valence-corrected chi connectivity index (χ3v) is 3.60. The van der Waals surface area contributed by atoms with Crippen molar-refractivity contribution in [3.05, 3.63) is 52.0 Å². The zero-order valence-electron chi connectivity index (χ0n) is 10.4. The van der Waals surface area contributed by atoms with Gasteiger partial charge in [-0.3, -0.25) is 0 Å². The van der Waals surface area contributed by atoms with Gasteiger partial charge >= 0.3 is 0 Å². The maximum absolute atomic E-state index is 13.9. The number of hydrogen-bond acceptors (Lipinski definition) is 3. The van der Waals surface area contributed by atoms with Crippen LogP contribution in [0.2, 0.25) is 0 Å². The van der Waals surface area contributed by atoms with Gasteiger partial charge in [0.15, 0.2) is 0 Å². The fourth-order valence-electron chi connectivity index (χ4n) is 1.83. The zero-order valence-corrected chi connectivity index (χ0v) is 11.2. The molecule has 4 heteroatoms. The Bertz CT molecular complexity index is 511. The van der Waals surface area contributed by atoms with E-state index in [1.165, 1.54) is 11.6 Å². The van der Waals surface area contributed by atoms with Gasteiger partial charge in [0.05, 0.1) is 11.8 Å². The Morgan fingerprint density at radius 3 is 2.72 bits per heavy atom. The van der Waals surface area contributed by atoms with Crippen molar-refractivity contribution in [2.75, 3.05) is 11.9 Å². The molecule has 0 spiro atoms. The number of aliphatic hydroxyl groups excluding tert-OH is 1. The summed E-state index contributed by atoms with van der Waals surface area (Å²) in [4.78, 5) is 1.86. The van der Waals surface area contributed by atoms with Gasteiger partial charge in [-0.15, -0.1) is 0 Å². The summed E-state index contributed by atoms with van der Waals surface area (Å²) in [6, 6.07) is 6.89. The molecule has 2 nitrogen and oxygen atoms in total. The highest BCUT2D eigenvalue weighted by molar-refractivity contribution is 7.07. The van der Waals surface area contributed by atoms with Crippen LogP contribution in [0.3, 0.4) is 0 Å². The highest BCUT2D eigenvalue weighted by Gasteiger charge is 2.11. The minimum absolute atomic E-state index is 0.300. The van der Waals surface area contributed by atoms with E-state index in [1.807, 2.05) is 23.4 Å². The van der Waals surface area contributed by atoms with Gasteiger partial charge in [0.25, 0.3) is 0 Å². The number of thiophene rings is 1. The Kier molecular flexibility index (Phi) is 3.99. The number of halogens is 1. The molecule has 0 amide bonds. The molecule has 0 bridgehead atoms. The molecule has 0 unspecified atom stereocenters. The van der Waals surface area contributed by atoms with Crippen molar-refractivity contribution in [2.45, 2.75) is 19.6 Å². The van der Waals surface area contributed by atoms with E-state index in [2.05, 4.69) is 5.38 Å². The van der Waals surface area contributed by atoms with Crippen molar-refractivity contribution in [2.24, 2.45) is 0 Å². The van der Waals surface area contributed by atoms with Crippen LogP contribution in [0.5, 0.6) is 0 Å². The minimum Gasteiger partial charge on any atom is -0.389 e. The summed E-state index contributed by atoms with van der Waals surface area (Å²) in [5.41, 5.74) is 2.31. The van der Waals surface area contributed by atoms with E-state index in [0.29, 0.717) is 17.8 Å². The molecule has 0 aliphatic rings. The molecular formula is C14H16FNOS. The highest BCUT2D eigenvalue weighted by Crippen LogP contribution is 2.24. The van der Waals surface area contributed by atoms with E-state index in [1.54, 1.807) is 30.4 Å². The van der Waals surface area contributed by atoms with Gasteiger partial charge < -0.3 is 10.0 Å². The van der Waals surface area contributed by atoms with E-state index in [-0.39, 0.29) is 5.82 Å². The number of anilines is 1. The summed E-state index contributed by atoms with van der Waals surface area (Å²) in [6.07, 6.45) is -0.643. The first-order valence-electron chi connectivity index (χ1n) is 5.77. The molecule has 0 aliphatic heterocycles. The Morgan fingerprint density at radius 1 is 1.39 bits per heavy atom. The molecule has 0 fully saturated rings. The lowest BCUT2D eigenvalue weighted by atomic mass is 10.1. The van der Waals surface area contributed by atoms with Crippen LogP contribution in [0.15, 0.2) is 35.0 Å². The Labute approximate surface area is 110 Å². The summed E-state index contributed by atoms with van der Waals surface area (Å²) in [5.74, 6) is -0.300. The van der Waals surface area contributed by atoms with Crippen molar-refractivity contribution in [3.63, 3.8) is 0 Å². The van der Waals surface area contributed by atoms with Crippen LogP contribution in [-0.2, 0) is 6.54 Å². The molecule has 2 aromatic rings. The van der Waals surface area contributed by atoms with Crippen molar-refractivity contribution >= 4 is 17.0 Å². The van der Waals surface area contributed by atoms with Gasteiger partial charge in [-0.25, -0.2) is 4.39 Å². The molecule has 1 atom stereocenters. The predicted octanol–water partition coefficient (Wildman–Crippen LogP) is 3.58. The van der Waals surface area contributed by atoms with Gasteiger partial charge in [0.2, 0.25) is 0 Å². The van der Waals surface area contributed by atoms with Crippen LogP contribution < -0.4 is 4.90 Å². The third kappa shape index (κ3) is 2.89. The van der Waals surface area contributed by atoms with Gasteiger partial charge in [-0.1, -0.05) is 6.07 Å². The van der Waals surface area contributed by atoms with Crippen LogP contribution in [0.4, 0.5) is 10.1 Å². The SMILES string of the molecule is C[C@@H](O)c1ccc(N(C)Cc2ccsc2)c(F)c1. The number of benzene rings is 1. The Balaban J connectivity index is 2.17. The summed E-state index contributed by atoms with van der Waals surface area (Å²) < 4.78 is 13.9. The smallest absolute Gasteiger partial charge is 0.146 e. The molecule has 2 rings (SSSR count). The maximum Gasteiger partial charge on any atom is 0.146 e. The number of hydrogen-bond donors (Lipinski definition) is 1. The van der Waals surface area contributed by atoms with Gasteiger partial charge in [-0.2, -0.15) is 11.3 Å². The fourth-order valence-corrected chi connectivity index (χ4v) is 2.49. The number of aliphatic hydroxyl groups is 1. The topological polar surface area (TPSA) is 23.5 Å². The van der Waals surface area contributed by atoms with Crippen LogP contribution in [0.25, 0.3) is 0 Å². The van der Waals surface area contributed by atoms with Gasteiger partial charge in [0, 0.05) is 13.6 Å². The molecule has 96 valence electrons. The second-order valence-electron chi connectivity index (χ2n) is 4.37. The van der Waals surface area contributed by atoms with E-state index in [4.69, 9.17) is 0 Å². The predicted molar refractivity (Wildman–Crippen MR) is 73.5 cm³/mol. The second-order valence-corrected chi connectivity index (χ2v) is 5.15. The summed E-state index contributed by atoms with van der Waals surface area (Å²) in [5, 5.41) is 13.5. The van der Waals surface area contributed by atoms with Crippen molar-refractivity contribution in [3.8, 4) is 0 Å². The average molecular weight is 265 g/mol. The first kappa shape index (κ1) is 13.1. The fraction of sp³-hybridized carbons (Fsp3) is 0.286. The van der Waals surface area contributed by atoms with Crippen molar-refractivity contribution < 1.29 is 9.50 Å². The molecule has 1 heterocycles. The van der Waals surface area contributed by atoms with E-state index in [0.717, 1.165) is 0 Å². The highest BCUT2D eigenvalue weighted by atomic mass is 32.1. The maximum atomic E-state index is 13.9. The van der Waals surface area contributed by atoms with E-state index >= 15 is 0 Å². The van der Waals surface area contributed by atoms with E-state index < -0.39 is 6.10 Å².